The minimum atomic E-state index is 0.469. The van der Waals surface area contributed by atoms with Crippen molar-refractivity contribution < 1.29 is 4.74 Å². The van der Waals surface area contributed by atoms with Crippen LogP contribution in [0.1, 0.15) is 33.1 Å². The number of rotatable bonds is 6. The van der Waals surface area contributed by atoms with E-state index in [4.69, 9.17) is 10.5 Å². The summed E-state index contributed by atoms with van der Waals surface area (Å²) in [6, 6.07) is 0. The van der Waals surface area contributed by atoms with Gasteiger partial charge >= 0.3 is 0 Å². The SMILES string of the molecule is COCCCN1CCC(C)(C)C(CCN)C1. The molecule has 2 N–H and O–H groups in total. The molecule has 0 bridgehead atoms. The zero-order valence-electron chi connectivity index (χ0n) is 11.2. The Kier molecular flexibility index (Phi) is 5.73. The van der Waals surface area contributed by atoms with E-state index in [0.717, 1.165) is 31.9 Å². The maximum atomic E-state index is 5.71. The average Bonchev–Trinajstić information content (AvgIpc) is 2.23. The van der Waals surface area contributed by atoms with Gasteiger partial charge in [0.1, 0.15) is 0 Å². The largest absolute Gasteiger partial charge is 0.385 e. The van der Waals surface area contributed by atoms with Gasteiger partial charge in [0.2, 0.25) is 0 Å². The lowest BCUT2D eigenvalue weighted by atomic mass is 9.72. The Morgan fingerprint density at radius 1 is 1.44 bits per heavy atom. The van der Waals surface area contributed by atoms with Crippen LogP contribution in [-0.2, 0) is 4.74 Å². The predicted octanol–water partition coefficient (Wildman–Crippen LogP) is 1.72. The highest BCUT2D eigenvalue weighted by Crippen LogP contribution is 2.37. The van der Waals surface area contributed by atoms with Crippen molar-refractivity contribution >= 4 is 0 Å². The van der Waals surface area contributed by atoms with E-state index in [2.05, 4.69) is 18.7 Å². The lowest BCUT2D eigenvalue weighted by Crippen LogP contribution is -2.45. The van der Waals surface area contributed by atoms with E-state index in [1.807, 2.05) is 0 Å². The van der Waals surface area contributed by atoms with E-state index in [9.17, 15) is 0 Å². The summed E-state index contributed by atoms with van der Waals surface area (Å²) in [6.45, 7) is 10.1. The number of hydrogen-bond donors (Lipinski definition) is 1. The van der Waals surface area contributed by atoms with Crippen molar-refractivity contribution in [2.45, 2.75) is 33.1 Å². The number of methoxy groups -OCH3 is 1. The first-order chi connectivity index (χ1) is 7.60. The number of nitrogens with zero attached hydrogens (tertiary/aromatic N) is 1. The minimum absolute atomic E-state index is 0.469. The molecular weight excluding hydrogens is 200 g/mol. The average molecular weight is 228 g/mol. The zero-order valence-corrected chi connectivity index (χ0v) is 11.2. The van der Waals surface area contributed by atoms with Crippen molar-refractivity contribution in [2.24, 2.45) is 17.1 Å². The molecule has 0 radical (unpaired) electrons. The van der Waals surface area contributed by atoms with E-state index in [-0.39, 0.29) is 0 Å². The van der Waals surface area contributed by atoms with E-state index in [0.29, 0.717) is 5.41 Å². The number of piperidine rings is 1. The van der Waals surface area contributed by atoms with Gasteiger partial charge in [-0.05, 0) is 43.7 Å². The van der Waals surface area contributed by atoms with E-state index in [1.165, 1.54) is 26.1 Å². The van der Waals surface area contributed by atoms with Crippen LogP contribution in [0.2, 0.25) is 0 Å². The van der Waals surface area contributed by atoms with Crippen LogP contribution in [0.15, 0.2) is 0 Å². The molecule has 1 heterocycles. The molecule has 1 atom stereocenters. The molecule has 16 heavy (non-hydrogen) atoms. The molecule has 1 rings (SSSR count). The summed E-state index contributed by atoms with van der Waals surface area (Å²) in [7, 11) is 1.77. The minimum Gasteiger partial charge on any atom is -0.385 e. The Morgan fingerprint density at radius 2 is 2.19 bits per heavy atom. The molecule has 0 amide bonds. The second-order valence-electron chi connectivity index (χ2n) is 5.66. The lowest BCUT2D eigenvalue weighted by Gasteiger charge is -2.44. The number of nitrogens with two attached hydrogens (primary N) is 1. The maximum Gasteiger partial charge on any atom is 0.0474 e. The summed E-state index contributed by atoms with van der Waals surface area (Å²) in [5.41, 5.74) is 6.18. The first kappa shape index (κ1) is 13.9. The number of likely N-dealkylation sites (tertiary alicyclic amines) is 1. The highest BCUT2D eigenvalue weighted by Gasteiger charge is 2.34. The molecule has 1 saturated heterocycles. The molecule has 1 fully saturated rings. The van der Waals surface area contributed by atoms with Crippen LogP contribution in [0.4, 0.5) is 0 Å². The monoisotopic (exact) mass is 228 g/mol. The van der Waals surface area contributed by atoms with Crippen molar-refractivity contribution in [3.63, 3.8) is 0 Å². The van der Waals surface area contributed by atoms with Crippen LogP contribution >= 0.6 is 0 Å². The predicted molar refractivity (Wildman–Crippen MR) is 68.5 cm³/mol. The Bertz CT molecular complexity index is 194. The second kappa shape index (κ2) is 6.58. The summed E-state index contributed by atoms with van der Waals surface area (Å²) in [4.78, 5) is 2.57. The fourth-order valence-electron chi connectivity index (χ4n) is 2.62. The molecule has 1 aliphatic rings. The van der Waals surface area contributed by atoms with Gasteiger partial charge in [-0.2, -0.15) is 0 Å². The van der Waals surface area contributed by atoms with Gasteiger partial charge in [0, 0.05) is 26.8 Å². The first-order valence-electron chi connectivity index (χ1n) is 6.51. The van der Waals surface area contributed by atoms with Crippen LogP contribution in [0.3, 0.4) is 0 Å². The number of hydrogen-bond acceptors (Lipinski definition) is 3. The summed E-state index contributed by atoms with van der Waals surface area (Å²) < 4.78 is 5.10. The summed E-state index contributed by atoms with van der Waals surface area (Å²) in [5.74, 6) is 0.758. The molecule has 0 aromatic rings. The van der Waals surface area contributed by atoms with Crippen molar-refractivity contribution in [1.82, 2.24) is 4.90 Å². The molecule has 0 aromatic carbocycles. The molecule has 3 nitrogen and oxygen atoms in total. The van der Waals surface area contributed by atoms with Gasteiger partial charge in [0.05, 0.1) is 0 Å². The van der Waals surface area contributed by atoms with Crippen LogP contribution in [0.25, 0.3) is 0 Å². The highest BCUT2D eigenvalue weighted by atomic mass is 16.5. The van der Waals surface area contributed by atoms with Crippen molar-refractivity contribution in [3.8, 4) is 0 Å². The number of ether oxygens (including phenoxy) is 1. The van der Waals surface area contributed by atoms with Crippen LogP contribution in [0, 0.1) is 11.3 Å². The van der Waals surface area contributed by atoms with Gasteiger partial charge in [-0.15, -0.1) is 0 Å². The molecular formula is C13H28N2O. The third-order valence-corrected chi connectivity index (χ3v) is 3.99. The van der Waals surface area contributed by atoms with Crippen molar-refractivity contribution in [2.75, 3.05) is 39.9 Å². The molecule has 1 unspecified atom stereocenters. The van der Waals surface area contributed by atoms with E-state index < -0.39 is 0 Å². The van der Waals surface area contributed by atoms with Gasteiger partial charge < -0.3 is 15.4 Å². The Balaban J connectivity index is 2.36. The fraction of sp³-hybridized carbons (Fsp3) is 1.00. The molecule has 0 aromatic heterocycles. The van der Waals surface area contributed by atoms with Crippen LogP contribution < -0.4 is 5.73 Å². The van der Waals surface area contributed by atoms with Gasteiger partial charge in [-0.3, -0.25) is 0 Å². The maximum absolute atomic E-state index is 5.71. The molecule has 3 heteroatoms. The zero-order chi connectivity index (χ0) is 12.0. The summed E-state index contributed by atoms with van der Waals surface area (Å²) in [6.07, 6.45) is 3.60. The van der Waals surface area contributed by atoms with Crippen molar-refractivity contribution in [3.05, 3.63) is 0 Å². The van der Waals surface area contributed by atoms with E-state index in [1.54, 1.807) is 7.11 Å². The highest BCUT2D eigenvalue weighted by molar-refractivity contribution is 4.86. The molecule has 0 saturated carbocycles. The van der Waals surface area contributed by atoms with Gasteiger partial charge in [0.25, 0.3) is 0 Å². The van der Waals surface area contributed by atoms with Gasteiger partial charge in [-0.1, -0.05) is 13.8 Å². The normalized spacial score (nSPS) is 25.9. The summed E-state index contributed by atoms with van der Waals surface area (Å²) in [5, 5.41) is 0. The topological polar surface area (TPSA) is 38.5 Å². The Hall–Kier alpha value is -0.120. The summed E-state index contributed by atoms with van der Waals surface area (Å²) >= 11 is 0. The van der Waals surface area contributed by atoms with Gasteiger partial charge in [-0.25, -0.2) is 0 Å². The van der Waals surface area contributed by atoms with Gasteiger partial charge in [0.15, 0.2) is 0 Å². The van der Waals surface area contributed by atoms with Crippen LogP contribution in [0.5, 0.6) is 0 Å². The third-order valence-electron chi connectivity index (χ3n) is 3.99. The third kappa shape index (κ3) is 4.04. The van der Waals surface area contributed by atoms with Crippen molar-refractivity contribution in [1.29, 1.82) is 0 Å². The molecule has 96 valence electrons. The molecule has 0 spiro atoms. The quantitative estimate of drug-likeness (QED) is 0.704. The van der Waals surface area contributed by atoms with Crippen LogP contribution in [-0.4, -0.2) is 44.8 Å². The Labute approximate surface area is 100 Å². The lowest BCUT2D eigenvalue weighted by molar-refractivity contribution is 0.0509. The molecule has 0 aliphatic carbocycles. The molecule has 1 aliphatic heterocycles. The fourth-order valence-corrected chi connectivity index (χ4v) is 2.62. The second-order valence-corrected chi connectivity index (χ2v) is 5.66. The Morgan fingerprint density at radius 3 is 2.81 bits per heavy atom. The van der Waals surface area contributed by atoms with E-state index >= 15 is 0 Å². The first-order valence-corrected chi connectivity index (χ1v) is 6.51. The standard InChI is InChI=1S/C13H28N2O/c1-13(2)6-9-15(8-4-10-16-3)11-12(13)5-7-14/h12H,4-11,14H2,1-3H3. The smallest absolute Gasteiger partial charge is 0.0474 e.